The van der Waals surface area contributed by atoms with Crippen LogP contribution in [0.5, 0.6) is 0 Å². The molecule has 0 saturated heterocycles. The van der Waals surface area contributed by atoms with Gasteiger partial charge in [0.25, 0.3) is 0 Å². The Balaban J connectivity index is 4.10. The molecule has 0 rings (SSSR count). The Bertz CT molecular complexity index is 1320. The molecule has 68 heavy (non-hydrogen) atoms. The van der Waals surface area contributed by atoms with Gasteiger partial charge in [-0.15, -0.1) is 0 Å². The molecular weight excluding hydrogens is 841 g/mol. The lowest BCUT2D eigenvalue weighted by Gasteiger charge is -2.18. The number of esters is 3. The summed E-state index contributed by atoms with van der Waals surface area (Å²) in [5.41, 5.74) is 0. The summed E-state index contributed by atoms with van der Waals surface area (Å²) >= 11 is 0. The van der Waals surface area contributed by atoms with Crippen LogP contribution in [0.25, 0.3) is 0 Å². The van der Waals surface area contributed by atoms with Crippen LogP contribution >= 0.6 is 0 Å². The summed E-state index contributed by atoms with van der Waals surface area (Å²) in [7, 11) is 0. The molecule has 0 aromatic heterocycles. The molecule has 0 aliphatic heterocycles. The summed E-state index contributed by atoms with van der Waals surface area (Å²) in [5, 5.41) is 0. The van der Waals surface area contributed by atoms with Crippen LogP contribution in [0.1, 0.15) is 271 Å². The number of allylic oxidation sites excluding steroid dienone is 14. The van der Waals surface area contributed by atoms with Crippen LogP contribution in [-0.2, 0) is 28.6 Å². The van der Waals surface area contributed by atoms with Gasteiger partial charge in [-0.25, -0.2) is 0 Å². The van der Waals surface area contributed by atoms with E-state index in [0.29, 0.717) is 19.3 Å². The predicted octanol–water partition coefficient (Wildman–Crippen LogP) is 19.2. The van der Waals surface area contributed by atoms with Crippen molar-refractivity contribution in [2.45, 2.75) is 277 Å². The fourth-order valence-electron chi connectivity index (χ4n) is 7.89. The second kappa shape index (κ2) is 56.2. The fourth-order valence-corrected chi connectivity index (χ4v) is 7.89. The molecule has 0 radical (unpaired) electrons. The minimum absolute atomic E-state index is 0.0783. The highest BCUT2D eigenvalue weighted by atomic mass is 16.6. The SMILES string of the molecule is CC/C=C\C/C=C\C/C=C\C/C=C\C/C=C\C/C=C\C/C=C\CCCCCCCCCC(=O)OCC(COC(=O)CCCCCCC)OC(=O)CCCCCCCCCCCCCCCCCC. The van der Waals surface area contributed by atoms with Crippen molar-refractivity contribution in [2.24, 2.45) is 0 Å². The summed E-state index contributed by atoms with van der Waals surface area (Å²) in [6.45, 7) is 6.45. The van der Waals surface area contributed by atoms with Gasteiger partial charge in [0.05, 0.1) is 0 Å². The molecule has 1 atom stereocenters. The molecule has 0 spiro atoms. The maximum Gasteiger partial charge on any atom is 0.306 e. The molecule has 0 heterocycles. The number of hydrogen-bond acceptors (Lipinski definition) is 6. The van der Waals surface area contributed by atoms with Gasteiger partial charge in [-0.2, -0.15) is 0 Å². The first kappa shape index (κ1) is 64.6. The van der Waals surface area contributed by atoms with Crippen molar-refractivity contribution >= 4 is 17.9 Å². The van der Waals surface area contributed by atoms with Gasteiger partial charge in [0.1, 0.15) is 13.2 Å². The summed E-state index contributed by atoms with van der Waals surface area (Å²) in [6, 6.07) is 0. The van der Waals surface area contributed by atoms with Gasteiger partial charge in [0.2, 0.25) is 0 Å². The first-order valence-corrected chi connectivity index (χ1v) is 28.6. The molecule has 0 bridgehead atoms. The zero-order valence-corrected chi connectivity index (χ0v) is 44.6. The van der Waals surface area contributed by atoms with Crippen molar-refractivity contribution in [1.29, 1.82) is 0 Å². The summed E-state index contributed by atoms with van der Waals surface area (Å²) in [6.07, 6.45) is 73.3. The molecule has 6 nitrogen and oxygen atoms in total. The van der Waals surface area contributed by atoms with E-state index in [4.69, 9.17) is 14.2 Å². The van der Waals surface area contributed by atoms with Crippen molar-refractivity contribution in [3.8, 4) is 0 Å². The topological polar surface area (TPSA) is 78.9 Å². The zero-order valence-electron chi connectivity index (χ0n) is 44.6. The first-order valence-electron chi connectivity index (χ1n) is 28.6. The molecule has 0 aliphatic rings. The van der Waals surface area contributed by atoms with E-state index >= 15 is 0 Å². The molecule has 0 saturated carbocycles. The Morgan fingerprint density at radius 2 is 0.574 bits per heavy atom. The Kier molecular flexibility index (Phi) is 53.4. The van der Waals surface area contributed by atoms with E-state index in [1.54, 1.807) is 0 Å². The summed E-state index contributed by atoms with van der Waals surface area (Å²) in [5.74, 6) is -0.897. The fraction of sp³-hybridized carbons (Fsp3) is 0.726. The van der Waals surface area contributed by atoms with Gasteiger partial charge >= 0.3 is 17.9 Å². The molecule has 0 N–H and O–H groups in total. The molecule has 0 aromatic rings. The largest absolute Gasteiger partial charge is 0.462 e. The van der Waals surface area contributed by atoms with Crippen LogP contribution in [-0.4, -0.2) is 37.2 Å². The van der Waals surface area contributed by atoms with Crippen LogP contribution in [0, 0.1) is 0 Å². The van der Waals surface area contributed by atoms with E-state index in [1.807, 2.05) is 0 Å². The maximum atomic E-state index is 12.8. The lowest BCUT2D eigenvalue weighted by Crippen LogP contribution is -2.30. The van der Waals surface area contributed by atoms with E-state index in [0.717, 1.165) is 116 Å². The lowest BCUT2D eigenvalue weighted by molar-refractivity contribution is -0.167. The van der Waals surface area contributed by atoms with Gasteiger partial charge < -0.3 is 14.2 Å². The standard InChI is InChI=1S/C62H106O6/c1-4-7-10-13-15-17-19-21-23-25-26-27-28-29-30-31-32-33-34-35-36-37-39-40-42-44-46-49-52-55-61(64)67-58-59(57-66-60(63)54-51-48-12-9-6-3)68-62(65)56-53-50-47-45-43-41-38-24-22-20-18-16-14-11-8-5-2/h7,10,15,17,21,23,26-27,29-30,32-33,35-36,59H,4-6,8-9,11-14,16,18-20,22,24-25,28,31,34,37-58H2,1-3H3/b10-7-,17-15-,23-21-,27-26-,30-29-,33-32-,36-35-. The van der Waals surface area contributed by atoms with Gasteiger partial charge in [-0.05, 0) is 77.0 Å². The first-order chi connectivity index (χ1) is 33.5. The van der Waals surface area contributed by atoms with Gasteiger partial charge in [0, 0.05) is 19.3 Å². The minimum Gasteiger partial charge on any atom is -0.462 e. The van der Waals surface area contributed by atoms with E-state index in [9.17, 15) is 14.4 Å². The molecule has 1 unspecified atom stereocenters. The van der Waals surface area contributed by atoms with Crippen molar-refractivity contribution in [3.05, 3.63) is 85.1 Å². The number of ether oxygens (including phenoxy) is 3. The van der Waals surface area contributed by atoms with Crippen molar-refractivity contribution in [2.75, 3.05) is 13.2 Å². The molecular formula is C62H106O6. The Morgan fingerprint density at radius 3 is 0.897 bits per heavy atom. The smallest absolute Gasteiger partial charge is 0.306 e. The molecule has 0 fully saturated rings. The third-order valence-corrected chi connectivity index (χ3v) is 12.2. The Labute approximate surface area is 420 Å². The summed E-state index contributed by atoms with van der Waals surface area (Å²) in [4.78, 5) is 37.8. The van der Waals surface area contributed by atoms with Crippen LogP contribution in [0.4, 0.5) is 0 Å². The highest BCUT2D eigenvalue weighted by molar-refractivity contribution is 5.71. The molecule has 0 amide bonds. The highest BCUT2D eigenvalue weighted by Gasteiger charge is 2.19. The quantitative estimate of drug-likeness (QED) is 0.0262. The van der Waals surface area contributed by atoms with Crippen LogP contribution in [0.2, 0.25) is 0 Å². The molecule has 390 valence electrons. The number of carbonyl (C=O) groups excluding carboxylic acids is 3. The van der Waals surface area contributed by atoms with E-state index < -0.39 is 6.10 Å². The second-order valence-electron chi connectivity index (χ2n) is 18.8. The van der Waals surface area contributed by atoms with Crippen LogP contribution in [0.3, 0.4) is 0 Å². The van der Waals surface area contributed by atoms with E-state index in [2.05, 4.69) is 106 Å². The number of rotatable bonds is 51. The van der Waals surface area contributed by atoms with Crippen LogP contribution < -0.4 is 0 Å². The van der Waals surface area contributed by atoms with Gasteiger partial charge in [0.15, 0.2) is 6.10 Å². The van der Waals surface area contributed by atoms with E-state index in [1.165, 1.54) is 116 Å². The second-order valence-corrected chi connectivity index (χ2v) is 18.8. The Hall–Kier alpha value is -3.41. The van der Waals surface area contributed by atoms with Gasteiger partial charge in [-0.3, -0.25) is 14.4 Å². The molecule has 6 heteroatoms. The number of unbranched alkanes of at least 4 members (excludes halogenated alkanes) is 26. The van der Waals surface area contributed by atoms with E-state index in [-0.39, 0.29) is 31.1 Å². The lowest BCUT2D eigenvalue weighted by atomic mass is 10.0. The average Bonchev–Trinajstić information content (AvgIpc) is 3.34. The summed E-state index contributed by atoms with van der Waals surface area (Å²) < 4.78 is 16.7. The third kappa shape index (κ3) is 53.5. The monoisotopic (exact) mass is 947 g/mol. The number of hydrogen-bond donors (Lipinski definition) is 0. The third-order valence-electron chi connectivity index (χ3n) is 12.2. The Morgan fingerprint density at radius 1 is 0.309 bits per heavy atom. The van der Waals surface area contributed by atoms with Crippen molar-refractivity contribution < 1.29 is 28.6 Å². The van der Waals surface area contributed by atoms with Crippen molar-refractivity contribution in [3.63, 3.8) is 0 Å². The average molecular weight is 948 g/mol. The molecule has 0 aromatic carbocycles. The van der Waals surface area contributed by atoms with Crippen LogP contribution in [0.15, 0.2) is 85.1 Å². The zero-order chi connectivity index (χ0) is 49.3. The minimum atomic E-state index is -0.775. The highest BCUT2D eigenvalue weighted by Crippen LogP contribution is 2.16. The maximum absolute atomic E-state index is 12.8. The predicted molar refractivity (Wildman–Crippen MR) is 293 cm³/mol. The normalized spacial score (nSPS) is 12.7. The molecule has 0 aliphatic carbocycles. The van der Waals surface area contributed by atoms with Crippen molar-refractivity contribution in [1.82, 2.24) is 0 Å². The number of carbonyl (C=O) groups is 3. The van der Waals surface area contributed by atoms with Gasteiger partial charge in [-0.1, -0.05) is 260 Å².